The fourth-order valence-electron chi connectivity index (χ4n) is 3.07. The molecule has 0 fully saturated rings. The Kier molecular flexibility index (Phi) is 6.13. The van der Waals surface area contributed by atoms with Crippen LogP contribution in [0.5, 0.6) is 5.75 Å². The first-order valence-corrected chi connectivity index (χ1v) is 9.25. The van der Waals surface area contributed by atoms with E-state index in [1.807, 2.05) is 0 Å². The van der Waals surface area contributed by atoms with Gasteiger partial charge in [-0.3, -0.25) is 4.79 Å². The zero-order valence-electron chi connectivity index (χ0n) is 16.2. The quantitative estimate of drug-likeness (QED) is 0.515. The molecule has 7 nitrogen and oxygen atoms in total. The number of benzene rings is 2. The van der Waals surface area contributed by atoms with Crippen molar-refractivity contribution >= 4 is 34.9 Å². The number of thiocarbonyl (C=S) groups is 1. The van der Waals surface area contributed by atoms with Crippen LogP contribution in [-0.4, -0.2) is 31.2 Å². The van der Waals surface area contributed by atoms with E-state index in [1.165, 1.54) is 7.11 Å². The second-order valence-corrected chi connectivity index (χ2v) is 6.78. The summed E-state index contributed by atoms with van der Waals surface area (Å²) in [6, 6.07) is 13.5. The van der Waals surface area contributed by atoms with Gasteiger partial charge in [-0.15, -0.1) is 0 Å². The molecule has 0 unspecified atom stereocenters. The summed E-state index contributed by atoms with van der Waals surface area (Å²) in [5, 5.41) is 9.44. The van der Waals surface area contributed by atoms with Gasteiger partial charge in [0.2, 0.25) is 0 Å². The Morgan fingerprint density at radius 2 is 1.83 bits per heavy atom. The van der Waals surface area contributed by atoms with Gasteiger partial charge in [0.15, 0.2) is 5.11 Å². The molecule has 0 aliphatic carbocycles. The maximum absolute atomic E-state index is 13.1. The second-order valence-electron chi connectivity index (χ2n) is 6.37. The summed E-state index contributed by atoms with van der Waals surface area (Å²) >= 11 is 5.27. The molecule has 0 bridgehead atoms. The maximum atomic E-state index is 13.1. The minimum atomic E-state index is -0.471. The number of esters is 1. The molecule has 0 radical (unpaired) electrons. The fourth-order valence-corrected chi connectivity index (χ4v) is 3.34. The topological polar surface area (TPSA) is 88.7 Å². The summed E-state index contributed by atoms with van der Waals surface area (Å²) in [6.45, 7) is 1.80. The van der Waals surface area contributed by atoms with E-state index in [1.54, 1.807) is 62.6 Å². The van der Waals surface area contributed by atoms with Crippen molar-refractivity contribution < 1.29 is 19.1 Å². The molecule has 0 saturated heterocycles. The van der Waals surface area contributed by atoms with Gasteiger partial charge in [0.25, 0.3) is 5.91 Å². The smallest absolute Gasteiger partial charge is 0.337 e. The normalized spacial score (nSPS) is 15.8. The highest BCUT2D eigenvalue weighted by molar-refractivity contribution is 7.80. The number of rotatable bonds is 5. The van der Waals surface area contributed by atoms with Gasteiger partial charge in [0.1, 0.15) is 5.75 Å². The van der Waals surface area contributed by atoms with Gasteiger partial charge in [-0.1, -0.05) is 18.2 Å². The van der Waals surface area contributed by atoms with E-state index in [-0.39, 0.29) is 5.91 Å². The summed E-state index contributed by atoms with van der Waals surface area (Å²) in [5.74, 6) is -0.0575. The number of allylic oxidation sites excluding steroid dienone is 1. The summed E-state index contributed by atoms with van der Waals surface area (Å²) in [4.78, 5) is 24.8. The predicted molar refractivity (Wildman–Crippen MR) is 114 cm³/mol. The molecule has 2 aromatic rings. The van der Waals surface area contributed by atoms with Gasteiger partial charge >= 0.3 is 5.97 Å². The van der Waals surface area contributed by atoms with Gasteiger partial charge in [-0.2, -0.15) is 0 Å². The lowest BCUT2D eigenvalue weighted by molar-refractivity contribution is -0.113. The monoisotopic (exact) mass is 411 g/mol. The van der Waals surface area contributed by atoms with Crippen LogP contribution in [0.2, 0.25) is 0 Å². The lowest BCUT2D eigenvalue weighted by Crippen LogP contribution is -2.45. The molecule has 3 rings (SSSR count). The molecule has 1 atom stereocenters. The minimum Gasteiger partial charge on any atom is -0.497 e. The number of hydrogen-bond donors (Lipinski definition) is 3. The summed E-state index contributed by atoms with van der Waals surface area (Å²) in [6.07, 6.45) is 0. The molecular weight excluding hydrogens is 390 g/mol. The molecule has 3 N–H and O–H groups in total. The third-order valence-corrected chi connectivity index (χ3v) is 4.73. The molecule has 8 heteroatoms. The number of carbonyl (C=O) groups excluding carboxylic acids is 2. The van der Waals surface area contributed by atoms with Crippen molar-refractivity contribution in [3.05, 3.63) is 70.9 Å². The first-order chi connectivity index (χ1) is 13.9. The van der Waals surface area contributed by atoms with Crippen molar-refractivity contribution in [3.8, 4) is 5.75 Å². The van der Waals surface area contributed by atoms with Crippen LogP contribution in [0, 0.1) is 0 Å². The SMILES string of the molecule is COC(=O)c1ccc([C@H]2NC(=S)NC(C)=C2C(=O)Nc2cccc(OC)c2)cc1. The molecular formula is C21H21N3O4S. The minimum absolute atomic E-state index is 0.278. The Labute approximate surface area is 174 Å². The molecule has 0 saturated carbocycles. The number of anilines is 1. The van der Waals surface area contributed by atoms with Crippen molar-refractivity contribution in [1.29, 1.82) is 0 Å². The highest BCUT2D eigenvalue weighted by atomic mass is 32.1. The van der Waals surface area contributed by atoms with Crippen LogP contribution in [0.1, 0.15) is 28.9 Å². The average molecular weight is 411 g/mol. The first kappa shape index (κ1) is 20.3. The van der Waals surface area contributed by atoms with Crippen LogP contribution in [0.3, 0.4) is 0 Å². The molecule has 1 heterocycles. The van der Waals surface area contributed by atoms with Crippen LogP contribution in [0.25, 0.3) is 0 Å². The molecule has 29 heavy (non-hydrogen) atoms. The predicted octanol–water partition coefficient (Wildman–Crippen LogP) is 2.91. The highest BCUT2D eigenvalue weighted by Gasteiger charge is 2.30. The second kappa shape index (κ2) is 8.74. The molecule has 0 aromatic heterocycles. The standard InChI is InChI=1S/C21H21N3O4S/c1-12-17(19(25)23-15-5-4-6-16(11-15)27-2)18(24-21(29)22-12)13-7-9-14(10-8-13)20(26)28-3/h4-11,18H,1-3H3,(H,23,25)(H2,22,24,29)/t18-/m1/s1. The van der Waals surface area contributed by atoms with Crippen LogP contribution in [0.15, 0.2) is 59.8 Å². The molecule has 150 valence electrons. The third-order valence-electron chi connectivity index (χ3n) is 4.51. The number of methoxy groups -OCH3 is 2. The first-order valence-electron chi connectivity index (χ1n) is 8.85. The van der Waals surface area contributed by atoms with E-state index < -0.39 is 12.0 Å². The van der Waals surface area contributed by atoms with Crippen LogP contribution < -0.4 is 20.7 Å². The van der Waals surface area contributed by atoms with Gasteiger partial charge < -0.3 is 25.4 Å². The summed E-state index contributed by atoms with van der Waals surface area (Å²) in [7, 11) is 2.90. The number of amides is 1. The lowest BCUT2D eigenvalue weighted by atomic mass is 9.94. The molecule has 1 aliphatic rings. The number of nitrogens with one attached hydrogen (secondary N) is 3. The van der Waals surface area contributed by atoms with E-state index >= 15 is 0 Å². The Balaban J connectivity index is 1.91. The van der Waals surface area contributed by atoms with E-state index in [2.05, 4.69) is 16.0 Å². The van der Waals surface area contributed by atoms with Gasteiger partial charge in [0, 0.05) is 17.5 Å². The Hall–Kier alpha value is -3.39. The molecule has 2 aromatic carbocycles. The van der Waals surface area contributed by atoms with Gasteiger partial charge in [0.05, 0.1) is 31.4 Å². The average Bonchev–Trinajstić information content (AvgIpc) is 2.72. The molecule has 1 aliphatic heterocycles. The maximum Gasteiger partial charge on any atom is 0.337 e. The van der Waals surface area contributed by atoms with Crippen LogP contribution in [-0.2, 0) is 9.53 Å². The van der Waals surface area contributed by atoms with Crippen molar-refractivity contribution in [2.24, 2.45) is 0 Å². The zero-order chi connectivity index (χ0) is 21.0. The van der Waals surface area contributed by atoms with E-state index in [9.17, 15) is 9.59 Å². The zero-order valence-corrected chi connectivity index (χ0v) is 17.1. The van der Waals surface area contributed by atoms with Gasteiger partial charge in [-0.05, 0) is 49.0 Å². The Bertz CT molecular complexity index is 986. The van der Waals surface area contributed by atoms with Crippen LogP contribution >= 0.6 is 12.2 Å². The lowest BCUT2D eigenvalue weighted by Gasteiger charge is -2.30. The fraction of sp³-hybridized carbons (Fsp3) is 0.190. The highest BCUT2D eigenvalue weighted by Crippen LogP contribution is 2.28. The number of hydrogen-bond acceptors (Lipinski definition) is 5. The van der Waals surface area contributed by atoms with E-state index in [4.69, 9.17) is 21.7 Å². The summed E-state index contributed by atoms with van der Waals surface area (Å²) < 4.78 is 9.94. The Morgan fingerprint density at radius 3 is 2.48 bits per heavy atom. The van der Waals surface area contributed by atoms with Crippen LogP contribution in [0.4, 0.5) is 5.69 Å². The third kappa shape index (κ3) is 4.55. The van der Waals surface area contributed by atoms with E-state index in [0.29, 0.717) is 33.4 Å². The van der Waals surface area contributed by atoms with E-state index in [0.717, 1.165) is 5.56 Å². The molecule has 0 spiro atoms. The number of ether oxygens (including phenoxy) is 2. The largest absolute Gasteiger partial charge is 0.497 e. The Morgan fingerprint density at radius 1 is 1.10 bits per heavy atom. The van der Waals surface area contributed by atoms with Gasteiger partial charge in [-0.25, -0.2) is 4.79 Å². The number of carbonyl (C=O) groups is 2. The van der Waals surface area contributed by atoms with Crippen molar-refractivity contribution in [3.63, 3.8) is 0 Å². The van der Waals surface area contributed by atoms with Crippen molar-refractivity contribution in [1.82, 2.24) is 10.6 Å². The summed E-state index contributed by atoms with van der Waals surface area (Å²) in [5.41, 5.74) is 2.97. The van der Waals surface area contributed by atoms with Crippen molar-refractivity contribution in [2.75, 3.05) is 19.5 Å². The molecule has 1 amide bonds. The van der Waals surface area contributed by atoms with Crippen molar-refractivity contribution in [2.45, 2.75) is 13.0 Å².